The normalized spacial score (nSPS) is 19.2. The van der Waals surface area contributed by atoms with E-state index in [1.807, 2.05) is 59.6 Å². The summed E-state index contributed by atoms with van der Waals surface area (Å²) in [5, 5.41) is 9.95. The lowest BCUT2D eigenvalue weighted by molar-refractivity contribution is -0.121. The van der Waals surface area contributed by atoms with Crippen molar-refractivity contribution in [2.75, 3.05) is 12.4 Å². The average Bonchev–Trinajstić information content (AvgIpc) is 3.50. The molecule has 2 amide bonds. The molecule has 0 fully saturated rings. The Labute approximate surface area is 218 Å². The molecule has 182 valence electrons. The number of hydrazone groups is 1. The van der Waals surface area contributed by atoms with E-state index in [2.05, 4.69) is 10.3 Å². The van der Waals surface area contributed by atoms with E-state index in [9.17, 15) is 9.59 Å². The van der Waals surface area contributed by atoms with Crippen molar-refractivity contribution in [2.24, 2.45) is 10.1 Å². The smallest absolute Gasteiger partial charge is 0.262 e. The van der Waals surface area contributed by atoms with Crippen LogP contribution in [0.1, 0.15) is 30.0 Å². The molecule has 2 aliphatic rings. The minimum Gasteiger partial charge on any atom is -0.497 e. The summed E-state index contributed by atoms with van der Waals surface area (Å²) in [4.78, 5) is 29.6. The lowest BCUT2D eigenvalue weighted by Gasteiger charge is -2.23. The van der Waals surface area contributed by atoms with Crippen LogP contribution in [-0.4, -0.2) is 40.1 Å². The molecule has 0 aliphatic carbocycles. The number of carbonyl (C=O) groups is 2. The first-order chi connectivity index (χ1) is 17.5. The Kier molecular flexibility index (Phi) is 7.06. The molecule has 3 aromatic carbocycles. The minimum absolute atomic E-state index is 0.00935. The molecule has 0 unspecified atom stereocenters. The molecule has 0 aromatic heterocycles. The van der Waals surface area contributed by atoms with Gasteiger partial charge in [-0.25, -0.2) is 5.01 Å². The fraction of sp³-hybridized carbons (Fsp3) is 0.185. The quantitative estimate of drug-likeness (QED) is 0.464. The van der Waals surface area contributed by atoms with Crippen LogP contribution in [0.3, 0.4) is 0 Å². The molecular formula is C27H23ClN4O3S. The summed E-state index contributed by atoms with van der Waals surface area (Å²) in [6.45, 7) is 0. The average molecular weight is 519 g/mol. The standard InChI is InChI=1S/C27H23ClN4O3S/c1-35-21-13-7-18(8-14-21)23-15-22(17-5-3-2-4-6-17)31-32(23)27-30-26(34)24(36-27)16-25(33)29-20-11-9-19(28)10-12-20/h2-14,23-24H,15-16H2,1H3,(H,29,33)/t23-,24-/m1/s1. The number of rotatable bonds is 6. The lowest BCUT2D eigenvalue weighted by Crippen LogP contribution is -2.25. The minimum atomic E-state index is -0.611. The second-order valence-electron chi connectivity index (χ2n) is 8.35. The summed E-state index contributed by atoms with van der Waals surface area (Å²) in [7, 11) is 1.63. The SMILES string of the molecule is COc1ccc([C@H]2CC(c3ccccc3)=NN2C2=NC(=O)[C@@H](CC(=O)Nc3ccc(Cl)cc3)S2)cc1. The molecule has 5 rings (SSSR count). The van der Waals surface area contributed by atoms with Gasteiger partial charge in [-0.1, -0.05) is 65.8 Å². The molecule has 7 nitrogen and oxygen atoms in total. The van der Waals surface area contributed by atoms with Gasteiger partial charge in [0, 0.05) is 23.6 Å². The number of benzene rings is 3. The zero-order valence-electron chi connectivity index (χ0n) is 19.4. The molecule has 2 atom stereocenters. The van der Waals surface area contributed by atoms with E-state index in [1.54, 1.807) is 31.4 Å². The Hall–Kier alpha value is -3.62. The molecule has 0 saturated heterocycles. The zero-order chi connectivity index (χ0) is 25.1. The Morgan fingerprint density at radius 1 is 1.08 bits per heavy atom. The van der Waals surface area contributed by atoms with Crippen LogP contribution in [0.2, 0.25) is 5.02 Å². The van der Waals surface area contributed by atoms with Crippen molar-refractivity contribution >= 4 is 51.7 Å². The molecule has 2 aliphatic heterocycles. The number of methoxy groups -OCH3 is 1. The number of carbonyl (C=O) groups excluding carboxylic acids is 2. The van der Waals surface area contributed by atoms with Crippen molar-refractivity contribution in [1.82, 2.24) is 5.01 Å². The molecule has 36 heavy (non-hydrogen) atoms. The molecule has 0 bridgehead atoms. The number of nitrogens with one attached hydrogen (secondary N) is 1. The number of amides is 2. The van der Waals surface area contributed by atoms with Crippen LogP contribution >= 0.6 is 23.4 Å². The third kappa shape index (κ3) is 5.29. The number of ether oxygens (including phenoxy) is 1. The maximum Gasteiger partial charge on any atom is 0.262 e. The zero-order valence-corrected chi connectivity index (χ0v) is 21.0. The maximum absolute atomic E-state index is 12.8. The van der Waals surface area contributed by atoms with Crippen molar-refractivity contribution in [3.8, 4) is 5.75 Å². The fourth-order valence-electron chi connectivity index (χ4n) is 4.10. The van der Waals surface area contributed by atoms with Crippen LogP contribution in [0.5, 0.6) is 5.75 Å². The molecule has 2 heterocycles. The second kappa shape index (κ2) is 10.6. The van der Waals surface area contributed by atoms with E-state index in [-0.39, 0.29) is 24.3 Å². The molecule has 0 spiro atoms. The van der Waals surface area contributed by atoms with Crippen LogP contribution in [0, 0.1) is 0 Å². The third-order valence-electron chi connectivity index (χ3n) is 5.94. The van der Waals surface area contributed by atoms with Crippen molar-refractivity contribution < 1.29 is 14.3 Å². The van der Waals surface area contributed by atoms with Crippen LogP contribution in [-0.2, 0) is 9.59 Å². The largest absolute Gasteiger partial charge is 0.497 e. The number of halogens is 1. The van der Waals surface area contributed by atoms with Crippen LogP contribution in [0.4, 0.5) is 5.69 Å². The van der Waals surface area contributed by atoms with E-state index >= 15 is 0 Å². The summed E-state index contributed by atoms with van der Waals surface area (Å²) in [6, 6.07) is 24.5. The van der Waals surface area contributed by atoms with Gasteiger partial charge in [0.05, 0.1) is 18.9 Å². The van der Waals surface area contributed by atoms with Crippen molar-refractivity contribution in [3.05, 3.63) is 95.0 Å². The van der Waals surface area contributed by atoms with E-state index in [0.717, 1.165) is 22.6 Å². The van der Waals surface area contributed by atoms with Crippen LogP contribution in [0.15, 0.2) is 89.0 Å². The molecule has 1 N–H and O–H groups in total. The van der Waals surface area contributed by atoms with Crippen molar-refractivity contribution in [2.45, 2.75) is 24.1 Å². The van der Waals surface area contributed by atoms with Gasteiger partial charge >= 0.3 is 0 Å². The van der Waals surface area contributed by atoms with Gasteiger partial charge in [-0.15, -0.1) is 0 Å². The van der Waals surface area contributed by atoms with Gasteiger partial charge in [0.1, 0.15) is 11.0 Å². The highest BCUT2D eigenvalue weighted by molar-refractivity contribution is 8.15. The van der Waals surface area contributed by atoms with Crippen molar-refractivity contribution in [1.29, 1.82) is 0 Å². The summed E-state index contributed by atoms with van der Waals surface area (Å²) >= 11 is 7.18. The van der Waals surface area contributed by atoms with E-state index < -0.39 is 5.25 Å². The predicted molar refractivity (Wildman–Crippen MR) is 144 cm³/mol. The third-order valence-corrected chi connectivity index (χ3v) is 7.34. The molecule has 0 radical (unpaired) electrons. The molecule has 9 heteroatoms. The first-order valence-electron chi connectivity index (χ1n) is 11.4. The number of anilines is 1. The highest BCUT2D eigenvalue weighted by atomic mass is 35.5. The molecular weight excluding hydrogens is 496 g/mol. The number of nitrogens with zero attached hydrogens (tertiary/aromatic N) is 3. The Bertz CT molecular complexity index is 1330. The molecule has 3 aromatic rings. The predicted octanol–water partition coefficient (Wildman–Crippen LogP) is 5.53. The number of hydrogen-bond acceptors (Lipinski definition) is 6. The van der Waals surface area contributed by atoms with Crippen molar-refractivity contribution in [3.63, 3.8) is 0 Å². The van der Waals surface area contributed by atoms with E-state index in [0.29, 0.717) is 22.3 Å². The van der Waals surface area contributed by atoms with Crippen LogP contribution < -0.4 is 10.1 Å². The Morgan fingerprint density at radius 2 is 1.81 bits per heavy atom. The maximum atomic E-state index is 12.8. The van der Waals surface area contributed by atoms with Gasteiger partial charge in [-0.3, -0.25) is 9.59 Å². The lowest BCUT2D eigenvalue weighted by atomic mass is 9.98. The Morgan fingerprint density at radius 3 is 2.50 bits per heavy atom. The van der Waals surface area contributed by atoms with E-state index in [1.165, 1.54) is 11.8 Å². The monoisotopic (exact) mass is 518 g/mol. The number of aliphatic imine (C=N–C) groups is 1. The number of hydrogen-bond donors (Lipinski definition) is 1. The van der Waals surface area contributed by atoms with E-state index in [4.69, 9.17) is 21.4 Å². The highest BCUT2D eigenvalue weighted by Gasteiger charge is 2.39. The van der Waals surface area contributed by atoms with Gasteiger partial charge in [-0.05, 0) is 47.5 Å². The Balaban J connectivity index is 1.34. The number of thioether (sulfide) groups is 1. The second-order valence-corrected chi connectivity index (χ2v) is 9.95. The first-order valence-corrected chi connectivity index (χ1v) is 12.7. The number of amidine groups is 1. The summed E-state index contributed by atoms with van der Waals surface area (Å²) < 4.78 is 5.30. The summed E-state index contributed by atoms with van der Waals surface area (Å²) in [5.74, 6) is 0.168. The first kappa shape index (κ1) is 24.1. The highest BCUT2D eigenvalue weighted by Crippen LogP contribution is 2.39. The van der Waals surface area contributed by atoms with Crippen LogP contribution in [0.25, 0.3) is 0 Å². The van der Waals surface area contributed by atoms with Gasteiger partial charge in [0.15, 0.2) is 5.17 Å². The topological polar surface area (TPSA) is 83.4 Å². The summed E-state index contributed by atoms with van der Waals surface area (Å²) in [5.41, 5.74) is 3.59. The summed E-state index contributed by atoms with van der Waals surface area (Å²) in [6.07, 6.45) is 0.668. The van der Waals surface area contributed by atoms with Gasteiger partial charge in [0.2, 0.25) is 5.91 Å². The molecule has 0 saturated carbocycles. The van der Waals surface area contributed by atoms with Gasteiger partial charge < -0.3 is 10.1 Å². The van der Waals surface area contributed by atoms with Gasteiger partial charge in [0.25, 0.3) is 5.91 Å². The fourth-order valence-corrected chi connectivity index (χ4v) is 5.28. The van der Waals surface area contributed by atoms with Gasteiger partial charge in [-0.2, -0.15) is 10.1 Å².